The number of nitrogens with zero attached hydrogens (tertiary/aromatic N) is 6. The normalized spacial score (nSPS) is 11.6. The molecule has 112 heavy (non-hydrogen) atoms. The fourth-order valence-corrected chi connectivity index (χ4v) is 12.2. The minimum atomic E-state index is -3.02. The van der Waals surface area contributed by atoms with Crippen LogP contribution in [0.4, 0.5) is 45.2 Å². The summed E-state index contributed by atoms with van der Waals surface area (Å²) in [5.74, 6) is -5.22. The van der Waals surface area contributed by atoms with Gasteiger partial charge in [-0.15, -0.1) is 0 Å². The number of aromatic carboxylic acids is 1. The standard InChI is InChI=1S/2C28H25ClF3N3O2.C15H13ClN2.C12H13F3N2O3/c2*1-28(2,32)27(37)34-15-17-11-21(25(26(30)31)33-14-17)24(36)12-16-4-9-22-19(10-16)13-23(35(22)3)18-5-7-20(29)8-6-18;1-18-14-7-6-13(17)8-11(14)9-15(18)10-2-4-12(16)5-3-10;1-12(2,15)11(20)17-5-6-3-7(10(18)19)8(9(13)14)16-4-6/h2*4-11,13-14,26H,12,15H2,1-3H3,(H,34,37);2-9H,17H2,1H3;3-4,9H,5H2,1-2H3,(H,17,20)(H,18,19). The molecule has 0 spiro atoms. The molecule has 0 atom stereocenters. The molecule has 0 bridgehead atoms. The van der Waals surface area contributed by atoms with Crippen LogP contribution in [0.5, 0.6) is 0 Å². The second-order valence-electron chi connectivity index (χ2n) is 27.6. The summed E-state index contributed by atoms with van der Waals surface area (Å²) in [5.41, 5.74) is 8.51. The molecular formula is C83H76Cl3F9N10O7. The number of carbonyl (C=O) groups excluding carboxylic acids is 5. The van der Waals surface area contributed by atoms with Crippen LogP contribution in [0.3, 0.4) is 0 Å². The van der Waals surface area contributed by atoms with Crippen molar-refractivity contribution in [3.8, 4) is 33.8 Å². The van der Waals surface area contributed by atoms with Gasteiger partial charge in [-0.25, -0.2) is 44.3 Å². The molecule has 6 heterocycles. The first-order valence-electron chi connectivity index (χ1n) is 34.5. The Hall–Kier alpha value is -11.4. The second kappa shape index (κ2) is 35.8. The van der Waals surface area contributed by atoms with Crippen LogP contribution in [0.2, 0.25) is 15.1 Å². The molecule has 0 aliphatic carbocycles. The Balaban J connectivity index is 0.000000180. The summed E-state index contributed by atoms with van der Waals surface area (Å²) in [5, 5.41) is 20.8. The van der Waals surface area contributed by atoms with Crippen molar-refractivity contribution in [3.63, 3.8) is 0 Å². The van der Waals surface area contributed by atoms with E-state index in [1.165, 1.54) is 17.6 Å². The number of anilines is 1. The molecule has 6 aromatic carbocycles. The maximum atomic E-state index is 13.8. The Morgan fingerprint density at radius 2 is 0.679 bits per heavy atom. The summed E-state index contributed by atoms with van der Waals surface area (Å²) in [6.07, 6.45) is -5.84. The van der Waals surface area contributed by atoms with Crippen LogP contribution in [-0.2, 0) is 68.0 Å². The van der Waals surface area contributed by atoms with Gasteiger partial charge in [0.1, 0.15) is 17.1 Å². The van der Waals surface area contributed by atoms with Gasteiger partial charge in [-0.3, -0.25) is 38.9 Å². The molecule has 0 radical (unpaired) electrons. The number of fused-ring (bicyclic) bond motifs is 3. The van der Waals surface area contributed by atoms with E-state index in [1.54, 1.807) is 12.1 Å². The summed E-state index contributed by atoms with van der Waals surface area (Å²) in [4.78, 5) is 82.9. The molecule has 0 saturated heterocycles. The molecule has 6 aromatic heterocycles. The minimum absolute atomic E-state index is 0.115. The lowest BCUT2D eigenvalue weighted by molar-refractivity contribution is -0.131. The van der Waals surface area contributed by atoms with E-state index in [9.17, 15) is 68.3 Å². The van der Waals surface area contributed by atoms with Gasteiger partial charge in [0.15, 0.2) is 28.6 Å². The number of nitrogens with one attached hydrogen (secondary N) is 3. The van der Waals surface area contributed by atoms with Crippen molar-refractivity contribution in [3.05, 3.63) is 259 Å². The Labute approximate surface area is 653 Å². The predicted octanol–water partition coefficient (Wildman–Crippen LogP) is 19.4. The van der Waals surface area contributed by atoms with Crippen molar-refractivity contribution < 1.29 is 73.4 Å². The number of alkyl halides is 9. The van der Waals surface area contributed by atoms with E-state index in [2.05, 4.69) is 48.6 Å². The highest BCUT2D eigenvalue weighted by Gasteiger charge is 2.30. The number of nitrogens with two attached hydrogens (primary N) is 1. The fraction of sp³-hybridized carbons (Fsp3) is 0.241. The third-order valence-corrected chi connectivity index (χ3v) is 18.5. The SMILES string of the molecule is CC(C)(F)C(=O)NCc1cnc(C(F)F)c(C(=O)O)c1.Cn1c(-c2ccc(Cl)cc2)cc2cc(CC(=O)c3cc(CNC(=O)C(C)(C)F)cnc3C(F)F)ccc21.Cn1c(-c2ccc(Cl)cc2)cc2cc(CC(=O)c3cc(CNC(=O)C(C)(C)F)cnc3C(F)F)ccc21.Cn1c(-c2ccc(Cl)cc2)cc2cc(N)ccc21. The first kappa shape index (κ1) is 84.7. The van der Waals surface area contributed by atoms with Crippen molar-refractivity contribution in [2.24, 2.45) is 21.1 Å². The van der Waals surface area contributed by atoms with Gasteiger partial charge in [-0.1, -0.05) is 83.3 Å². The van der Waals surface area contributed by atoms with Crippen LogP contribution in [0.25, 0.3) is 66.5 Å². The van der Waals surface area contributed by atoms with E-state index in [1.807, 2.05) is 151 Å². The average molecular weight is 1600 g/mol. The van der Waals surface area contributed by atoms with Gasteiger partial charge >= 0.3 is 5.97 Å². The topological polar surface area (TPSA) is 238 Å². The molecule has 0 fully saturated rings. The number of Topliss-reactive ketones (excluding diaryl/α,β-unsaturated/α-hetero) is 2. The molecule has 3 amide bonds. The number of carboxylic acid groups (broad SMARTS) is 1. The number of carboxylic acids is 1. The van der Waals surface area contributed by atoms with E-state index in [4.69, 9.17) is 45.6 Å². The molecule has 0 unspecified atom stereocenters. The average Bonchev–Trinajstić information content (AvgIpc) is 1.61. The molecule has 0 saturated carbocycles. The van der Waals surface area contributed by atoms with Gasteiger partial charge in [0.2, 0.25) is 0 Å². The maximum Gasteiger partial charge on any atom is 0.337 e. The number of benzene rings is 6. The number of hydrogen-bond acceptors (Lipinski definition) is 10. The van der Waals surface area contributed by atoms with Crippen LogP contribution >= 0.6 is 34.8 Å². The van der Waals surface area contributed by atoms with Crippen molar-refractivity contribution in [1.29, 1.82) is 0 Å². The van der Waals surface area contributed by atoms with Crippen molar-refractivity contribution >= 4 is 108 Å². The summed E-state index contributed by atoms with van der Waals surface area (Å²) >= 11 is 17.9. The Morgan fingerprint density at radius 1 is 0.402 bits per heavy atom. The van der Waals surface area contributed by atoms with Gasteiger partial charge < -0.3 is 40.5 Å². The summed E-state index contributed by atoms with van der Waals surface area (Å²) in [6, 6.07) is 49.5. The van der Waals surface area contributed by atoms with Gasteiger partial charge in [-0.05, 0) is 201 Å². The number of halogens is 12. The molecule has 17 nitrogen and oxygen atoms in total. The number of amides is 3. The van der Waals surface area contributed by atoms with Crippen molar-refractivity contribution in [1.82, 2.24) is 44.6 Å². The van der Waals surface area contributed by atoms with Gasteiger partial charge in [0.25, 0.3) is 37.0 Å². The molecular weight excluding hydrogens is 1530 g/mol. The van der Waals surface area contributed by atoms with E-state index in [0.717, 1.165) is 138 Å². The number of hydrogen-bond donors (Lipinski definition) is 5. The van der Waals surface area contributed by atoms with Crippen LogP contribution in [0.1, 0.15) is 137 Å². The number of rotatable bonds is 22. The highest BCUT2D eigenvalue weighted by Crippen LogP contribution is 2.35. The lowest BCUT2D eigenvalue weighted by Gasteiger charge is -2.15. The van der Waals surface area contributed by atoms with Gasteiger partial charge in [0.05, 0.1) is 5.56 Å². The summed E-state index contributed by atoms with van der Waals surface area (Å²) < 4.78 is 127. The second-order valence-corrected chi connectivity index (χ2v) is 28.9. The zero-order valence-electron chi connectivity index (χ0n) is 61.8. The third-order valence-electron chi connectivity index (χ3n) is 17.8. The predicted molar refractivity (Wildman–Crippen MR) is 416 cm³/mol. The maximum absolute atomic E-state index is 13.8. The number of carbonyl (C=O) groups is 6. The Bertz CT molecular complexity index is 5260. The van der Waals surface area contributed by atoms with E-state index >= 15 is 0 Å². The van der Waals surface area contributed by atoms with E-state index < -0.39 is 94.2 Å². The third kappa shape index (κ3) is 21.4. The smallest absolute Gasteiger partial charge is 0.337 e. The molecule has 584 valence electrons. The summed E-state index contributed by atoms with van der Waals surface area (Å²) in [7, 11) is 5.93. The van der Waals surface area contributed by atoms with Crippen LogP contribution in [0.15, 0.2) is 182 Å². The van der Waals surface area contributed by atoms with Gasteiger partial charge in [0, 0.05) is 154 Å². The minimum Gasteiger partial charge on any atom is -0.478 e. The lowest BCUT2D eigenvalue weighted by atomic mass is 9.99. The van der Waals surface area contributed by atoms with Crippen LogP contribution < -0.4 is 21.7 Å². The molecule has 12 aromatic rings. The lowest BCUT2D eigenvalue weighted by Crippen LogP contribution is -2.38. The quantitative estimate of drug-likeness (QED) is 0.0243. The molecule has 0 aliphatic rings. The first-order valence-corrected chi connectivity index (χ1v) is 35.6. The molecule has 0 aliphatic heterocycles. The largest absolute Gasteiger partial charge is 0.478 e. The monoisotopic (exact) mass is 1600 g/mol. The van der Waals surface area contributed by atoms with Crippen LogP contribution in [-0.4, -0.2) is 86.0 Å². The molecule has 29 heteroatoms. The molecule has 6 N–H and O–H groups in total. The zero-order valence-corrected chi connectivity index (χ0v) is 64.0. The van der Waals surface area contributed by atoms with Crippen molar-refractivity contribution in [2.75, 3.05) is 5.73 Å². The number of nitrogen functional groups attached to an aromatic ring is 1. The first-order chi connectivity index (χ1) is 52.6. The zero-order chi connectivity index (χ0) is 82.0. The number of ketones is 2. The highest BCUT2D eigenvalue weighted by atomic mass is 35.5. The fourth-order valence-electron chi connectivity index (χ4n) is 11.8. The van der Waals surface area contributed by atoms with Crippen LogP contribution in [0, 0.1) is 0 Å². The number of aryl methyl sites for hydroxylation is 3. The number of pyridine rings is 3. The Kier molecular flexibility index (Phi) is 27.0. The van der Waals surface area contributed by atoms with E-state index in [0.29, 0.717) is 32.3 Å². The van der Waals surface area contributed by atoms with E-state index in [-0.39, 0.29) is 49.2 Å². The summed E-state index contributed by atoms with van der Waals surface area (Å²) in [6.45, 7) is 6.05. The molecule has 12 rings (SSSR count). The van der Waals surface area contributed by atoms with Gasteiger partial charge in [-0.2, -0.15) is 0 Å². The Morgan fingerprint density at radius 3 is 0.964 bits per heavy atom. The number of aromatic nitrogens is 6. The highest BCUT2D eigenvalue weighted by molar-refractivity contribution is 6.31. The van der Waals surface area contributed by atoms with Crippen molar-refractivity contribution in [2.45, 2.75) is 110 Å².